The van der Waals surface area contributed by atoms with Gasteiger partial charge in [0.15, 0.2) is 5.82 Å². The third-order valence-corrected chi connectivity index (χ3v) is 4.38. The third kappa shape index (κ3) is 2.24. The Balaban J connectivity index is 1.43. The van der Waals surface area contributed by atoms with Crippen molar-refractivity contribution in [3.8, 4) is 0 Å². The number of benzene rings is 1. The van der Waals surface area contributed by atoms with Gasteiger partial charge in [0.2, 0.25) is 5.89 Å². The van der Waals surface area contributed by atoms with Crippen LogP contribution in [0.3, 0.4) is 0 Å². The summed E-state index contributed by atoms with van der Waals surface area (Å²) in [5, 5.41) is 4.12. The molecule has 2 aliphatic rings. The van der Waals surface area contributed by atoms with E-state index in [-0.39, 0.29) is 0 Å². The van der Waals surface area contributed by atoms with Gasteiger partial charge in [0, 0.05) is 18.9 Å². The molecule has 4 heteroatoms. The van der Waals surface area contributed by atoms with E-state index in [4.69, 9.17) is 9.26 Å². The molecule has 4 nitrogen and oxygen atoms in total. The van der Waals surface area contributed by atoms with E-state index in [1.54, 1.807) is 0 Å². The summed E-state index contributed by atoms with van der Waals surface area (Å²) in [5.41, 5.74) is 2.95. The molecule has 0 radical (unpaired) electrons. The van der Waals surface area contributed by atoms with Crippen molar-refractivity contribution in [2.75, 3.05) is 13.2 Å². The third-order valence-electron chi connectivity index (χ3n) is 4.38. The number of aromatic nitrogens is 2. The summed E-state index contributed by atoms with van der Waals surface area (Å²) in [6.07, 6.45) is 4.14. The Kier molecular flexibility index (Phi) is 3.03. The monoisotopic (exact) mass is 270 g/mol. The average molecular weight is 270 g/mol. The standard InChI is InChI=1S/C16H18N2O2/c1-2-4-13-8-11(7-12(13)3-1)9-15-17-16(18-20-15)14-5-6-19-10-14/h1-4,11,14H,5-10H2. The second-order valence-corrected chi connectivity index (χ2v) is 5.85. The van der Waals surface area contributed by atoms with Gasteiger partial charge in [0.05, 0.1) is 6.61 Å². The number of fused-ring (bicyclic) bond motifs is 1. The average Bonchev–Trinajstić information content (AvgIpc) is 3.18. The van der Waals surface area contributed by atoms with Crippen molar-refractivity contribution >= 4 is 0 Å². The van der Waals surface area contributed by atoms with Crippen LogP contribution in [-0.2, 0) is 24.0 Å². The zero-order valence-electron chi connectivity index (χ0n) is 11.4. The Morgan fingerprint density at radius 2 is 1.95 bits per heavy atom. The predicted molar refractivity (Wildman–Crippen MR) is 73.5 cm³/mol. The lowest BCUT2D eigenvalue weighted by molar-refractivity contribution is 0.192. The highest BCUT2D eigenvalue weighted by molar-refractivity contribution is 5.32. The first-order valence-corrected chi connectivity index (χ1v) is 7.35. The summed E-state index contributed by atoms with van der Waals surface area (Å²) in [6, 6.07) is 8.69. The summed E-state index contributed by atoms with van der Waals surface area (Å²) in [5.74, 6) is 2.53. The zero-order chi connectivity index (χ0) is 13.4. The Hall–Kier alpha value is -1.68. The SMILES string of the molecule is c1ccc2c(c1)CC(Cc1nc(C3CCOC3)no1)C2. The lowest BCUT2D eigenvalue weighted by Crippen LogP contribution is -2.05. The molecule has 1 unspecified atom stereocenters. The summed E-state index contributed by atoms with van der Waals surface area (Å²) in [7, 11) is 0. The predicted octanol–water partition coefficient (Wildman–Crippen LogP) is 2.53. The topological polar surface area (TPSA) is 48.2 Å². The van der Waals surface area contributed by atoms with Crippen molar-refractivity contribution < 1.29 is 9.26 Å². The number of ether oxygens (including phenoxy) is 1. The molecule has 0 amide bonds. The Bertz CT molecular complexity index is 577. The van der Waals surface area contributed by atoms with E-state index < -0.39 is 0 Å². The van der Waals surface area contributed by atoms with Crippen LogP contribution in [-0.4, -0.2) is 23.4 Å². The molecule has 1 saturated heterocycles. The summed E-state index contributed by atoms with van der Waals surface area (Å²) >= 11 is 0. The van der Waals surface area contributed by atoms with Crippen LogP contribution in [0.25, 0.3) is 0 Å². The largest absolute Gasteiger partial charge is 0.381 e. The van der Waals surface area contributed by atoms with E-state index in [0.29, 0.717) is 11.8 Å². The molecule has 0 bridgehead atoms. The van der Waals surface area contributed by atoms with Crippen molar-refractivity contribution in [3.05, 3.63) is 47.1 Å². The van der Waals surface area contributed by atoms with Gasteiger partial charge in [-0.1, -0.05) is 29.4 Å². The minimum atomic E-state index is 0.327. The van der Waals surface area contributed by atoms with Crippen molar-refractivity contribution in [3.63, 3.8) is 0 Å². The first-order valence-electron chi connectivity index (χ1n) is 7.35. The Morgan fingerprint density at radius 1 is 1.15 bits per heavy atom. The molecule has 1 aromatic carbocycles. The Labute approximate surface area is 118 Å². The van der Waals surface area contributed by atoms with Gasteiger partial charge >= 0.3 is 0 Å². The summed E-state index contributed by atoms with van der Waals surface area (Å²) < 4.78 is 10.8. The smallest absolute Gasteiger partial charge is 0.226 e. The highest BCUT2D eigenvalue weighted by atomic mass is 16.5. The molecule has 0 saturated carbocycles. The highest BCUT2D eigenvalue weighted by Gasteiger charge is 2.26. The fourth-order valence-corrected chi connectivity index (χ4v) is 3.30. The zero-order valence-corrected chi connectivity index (χ0v) is 11.4. The molecular formula is C16H18N2O2. The van der Waals surface area contributed by atoms with E-state index in [1.165, 1.54) is 11.1 Å². The van der Waals surface area contributed by atoms with Crippen LogP contribution in [0.15, 0.2) is 28.8 Å². The Morgan fingerprint density at radius 3 is 2.65 bits per heavy atom. The molecular weight excluding hydrogens is 252 g/mol. The summed E-state index contributed by atoms with van der Waals surface area (Å²) in [6.45, 7) is 1.54. The van der Waals surface area contributed by atoms with Gasteiger partial charge in [-0.25, -0.2) is 0 Å². The van der Waals surface area contributed by atoms with Crippen LogP contribution in [0.1, 0.15) is 35.2 Å². The van der Waals surface area contributed by atoms with Crippen LogP contribution in [0.2, 0.25) is 0 Å². The molecule has 2 heterocycles. The molecule has 4 rings (SSSR count). The number of hydrogen-bond donors (Lipinski definition) is 0. The molecule has 1 fully saturated rings. The number of hydrogen-bond acceptors (Lipinski definition) is 4. The summed E-state index contributed by atoms with van der Waals surface area (Å²) in [4.78, 5) is 4.56. The van der Waals surface area contributed by atoms with Gasteiger partial charge in [-0.3, -0.25) is 0 Å². The second-order valence-electron chi connectivity index (χ2n) is 5.85. The van der Waals surface area contributed by atoms with Gasteiger partial charge in [0.1, 0.15) is 0 Å². The van der Waals surface area contributed by atoms with E-state index in [1.807, 2.05) is 0 Å². The number of rotatable bonds is 3. The van der Waals surface area contributed by atoms with Gasteiger partial charge in [-0.15, -0.1) is 0 Å². The molecule has 1 aliphatic carbocycles. The molecule has 0 spiro atoms. The van der Waals surface area contributed by atoms with E-state index in [0.717, 1.165) is 50.6 Å². The van der Waals surface area contributed by atoms with Crippen molar-refractivity contribution in [1.29, 1.82) is 0 Å². The lowest BCUT2D eigenvalue weighted by Gasteiger charge is -2.03. The number of nitrogens with zero attached hydrogens (tertiary/aromatic N) is 2. The molecule has 20 heavy (non-hydrogen) atoms. The van der Waals surface area contributed by atoms with Crippen LogP contribution >= 0.6 is 0 Å². The maximum absolute atomic E-state index is 5.42. The van der Waals surface area contributed by atoms with Crippen molar-refractivity contribution in [2.45, 2.75) is 31.6 Å². The maximum atomic E-state index is 5.42. The second kappa shape index (κ2) is 5.02. The van der Waals surface area contributed by atoms with Gasteiger partial charge in [-0.2, -0.15) is 4.98 Å². The minimum absolute atomic E-state index is 0.327. The van der Waals surface area contributed by atoms with Crippen molar-refractivity contribution in [2.24, 2.45) is 5.92 Å². The molecule has 1 aliphatic heterocycles. The first kappa shape index (κ1) is 12.1. The van der Waals surface area contributed by atoms with Crippen LogP contribution in [0, 0.1) is 5.92 Å². The van der Waals surface area contributed by atoms with Crippen molar-refractivity contribution in [1.82, 2.24) is 10.1 Å². The quantitative estimate of drug-likeness (QED) is 0.860. The minimum Gasteiger partial charge on any atom is -0.381 e. The van der Waals surface area contributed by atoms with E-state index >= 15 is 0 Å². The lowest BCUT2D eigenvalue weighted by atomic mass is 10.0. The first-order chi connectivity index (χ1) is 9.88. The molecule has 2 aromatic rings. The molecule has 104 valence electrons. The van der Waals surface area contributed by atoms with Gasteiger partial charge in [-0.05, 0) is 36.3 Å². The molecule has 1 atom stereocenters. The fraction of sp³-hybridized carbons (Fsp3) is 0.500. The van der Waals surface area contributed by atoms with Gasteiger partial charge in [0.25, 0.3) is 0 Å². The van der Waals surface area contributed by atoms with Crippen LogP contribution in [0.4, 0.5) is 0 Å². The van der Waals surface area contributed by atoms with Crippen LogP contribution < -0.4 is 0 Å². The molecule has 0 N–H and O–H groups in total. The molecule has 1 aromatic heterocycles. The van der Waals surface area contributed by atoms with Crippen LogP contribution in [0.5, 0.6) is 0 Å². The highest BCUT2D eigenvalue weighted by Crippen LogP contribution is 2.29. The van der Waals surface area contributed by atoms with E-state index in [2.05, 4.69) is 34.4 Å². The van der Waals surface area contributed by atoms with Gasteiger partial charge < -0.3 is 9.26 Å². The fourth-order valence-electron chi connectivity index (χ4n) is 3.30. The normalized spacial score (nSPS) is 22.3. The van der Waals surface area contributed by atoms with E-state index in [9.17, 15) is 0 Å². The maximum Gasteiger partial charge on any atom is 0.226 e.